The minimum atomic E-state index is -0.492. The van der Waals surface area contributed by atoms with Gasteiger partial charge in [-0.05, 0) is 68.0 Å². The molecule has 3 atom stereocenters. The summed E-state index contributed by atoms with van der Waals surface area (Å²) in [6.07, 6.45) is 7.28. The number of nitrogens with two attached hydrogens (primary N) is 1. The molecule has 1 fully saturated rings. The van der Waals surface area contributed by atoms with Crippen LogP contribution in [0.1, 0.15) is 60.1 Å². The topological polar surface area (TPSA) is 89.3 Å². The maximum atomic E-state index is 11.1. The van der Waals surface area contributed by atoms with Crippen LogP contribution in [-0.2, 0) is 6.42 Å². The predicted octanol–water partition coefficient (Wildman–Crippen LogP) is 3.08. The van der Waals surface area contributed by atoms with Crippen molar-refractivity contribution in [1.29, 1.82) is 0 Å². The largest absolute Gasteiger partial charge is 0.439 e. The van der Waals surface area contributed by atoms with E-state index in [-0.39, 0.29) is 0 Å². The number of nitrogens with zero attached hydrogens (tertiary/aromatic N) is 1. The summed E-state index contributed by atoms with van der Waals surface area (Å²) in [7, 11) is 0. The van der Waals surface area contributed by atoms with Crippen molar-refractivity contribution in [1.82, 2.24) is 15.6 Å². The summed E-state index contributed by atoms with van der Waals surface area (Å²) in [5.74, 6) is 0.729. The Balaban J connectivity index is 1.43. The molecule has 0 radical (unpaired) electrons. The molecule has 6 nitrogen and oxygen atoms in total. The maximum absolute atomic E-state index is 11.1. The van der Waals surface area contributed by atoms with Crippen LogP contribution in [0.25, 0.3) is 0 Å². The van der Waals surface area contributed by atoms with Crippen molar-refractivity contribution >= 4 is 5.91 Å². The number of hydrogen-bond acceptors (Lipinski definition) is 5. The SMILES string of the molecule is CCC(NC1CCc2cc(Oc3ccc(C(N)=O)cn3)ccc21)C1CCCN1. The molecular weight excluding hydrogens is 352 g/mol. The lowest BCUT2D eigenvalue weighted by molar-refractivity contribution is 0.1000. The van der Waals surface area contributed by atoms with E-state index in [1.165, 1.54) is 30.2 Å². The normalized spacial score (nSPS) is 22.0. The number of primary amides is 1. The van der Waals surface area contributed by atoms with Gasteiger partial charge in [0.25, 0.3) is 0 Å². The number of nitrogens with one attached hydrogen (secondary N) is 2. The maximum Gasteiger partial charge on any atom is 0.250 e. The third-order valence-electron chi connectivity index (χ3n) is 5.87. The van der Waals surface area contributed by atoms with Crippen molar-refractivity contribution in [2.75, 3.05) is 6.54 Å². The quantitative estimate of drug-likeness (QED) is 0.687. The second kappa shape index (κ2) is 8.29. The Hall–Kier alpha value is -2.44. The Labute approximate surface area is 165 Å². The summed E-state index contributed by atoms with van der Waals surface area (Å²) in [5.41, 5.74) is 8.33. The lowest BCUT2D eigenvalue weighted by atomic mass is 10.0. The number of carbonyl (C=O) groups is 1. The molecule has 0 saturated carbocycles. The van der Waals surface area contributed by atoms with E-state index in [0.29, 0.717) is 29.6 Å². The van der Waals surface area contributed by atoms with Gasteiger partial charge < -0.3 is 21.1 Å². The van der Waals surface area contributed by atoms with E-state index in [1.54, 1.807) is 12.1 Å². The fraction of sp³-hybridized carbons (Fsp3) is 0.455. The molecular formula is C22H28N4O2. The van der Waals surface area contributed by atoms with Gasteiger partial charge in [-0.3, -0.25) is 4.79 Å². The molecule has 4 rings (SSSR count). The van der Waals surface area contributed by atoms with Crippen molar-refractivity contribution in [2.45, 2.75) is 57.2 Å². The molecule has 4 N–H and O–H groups in total. The van der Waals surface area contributed by atoms with Gasteiger partial charge in [-0.25, -0.2) is 4.98 Å². The van der Waals surface area contributed by atoms with Crippen molar-refractivity contribution in [3.05, 3.63) is 53.2 Å². The van der Waals surface area contributed by atoms with Crippen LogP contribution < -0.4 is 21.1 Å². The predicted molar refractivity (Wildman–Crippen MR) is 109 cm³/mol. The summed E-state index contributed by atoms with van der Waals surface area (Å²) >= 11 is 0. The Morgan fingerprint density at radius 1 is 1.36 bits per heavy atom. The molecule has 2 aliphatic rings. The average molecular weight is 380 g/mol. The van der Waals surface area contributed by atoms with Gasteiger partial charge in [-0.15, -0.1) is 0 Å². The average Bonchev–Trinajstić information content (AvgIpc) is 3.36. The van der Waals surface area contributed by atoms with E-state index >= 15 is 0 Å². The highest BCUT2D eigenvalue weighted by molar-refractivity contribution is 5.92. The Morgan fingerprint density at radius 3 is 2.93 bits per heavy atom. The van der Waals surface area contributed by atoms with Crippen molar-refractivity contribution in [2.24, 2.45) is 5.73 Å². The van der Waals surface area contributed by atoms with E-state index in [2.05, 4.69) is 34.7 Å². The zero-order chi connectivity index (χ0) is 19.5. The second-order valence-corrected chi connectivity index (χ2v) is 7.69. The first kappa shape index (κ1) is 18.9. The van der Waals surface area contributed by atoms with Crippen LogP contribution in [0.2, 0.25) is 0 Å². The third-order valence-corrected chi connectivity index (χ3v) is 5.87. The number of benzene rings is 1. The van der Waals surface area contributed by atoms with Crippen LogP contribution in [0.5, 0.6) is 11.6 Å². The van der Waals surface area contributed by atoms with Crippen LogP contribution >= 0.6 is 0 Å². The van der Waals surface area contributed by atoms with E-state index in [1.807, 2.05) is 6.07 Å². The van der Waals surface area contributed by atoms with Gasteiger partial charge in [-0.2, -0.15) is 0 Å². The van der Waals surface area contributed by atoms with Gasteiger partial charge in [0, 0.05) is 30.4 Å². The van der Waals surface area contributed by atoms with Gasteiger partial charge in [-0.1, -0.05) is 13.0 Å². The molecule has 0 bridgehead atoms. The minimum Gasteiger partial charge on any atom is -0.439 e. The summed E-state index contributed by atoms with van der Waals surface area (Å²) in [5, 5.41) is 7.52. The number of amides is 1. The van der Waals surface area contributed by atoms with Crippen molar-refractivity contribution < 1.29 is 9.53 Å². The molecule has 2 aromatic rings. The fourth-order valence-electron chi connectivity index (χ4n) is 4.37. The van der Waals surface area contributed by atoms with Crippen LogP contribution in [0.3, 0.4) is 0 Å². The van der Waals surface area contributed by atoms with Crippen LogP contribution in [-0.4, -0.2) is 29.5 Å². The van der Waals surface area contributed by atoms with Crippen molar-refractivity contribution in [3.8, 4) is 11.6 Å². The zero-order valence-electron chi connectivity index (χ0n) is 16.3. The third kappa shape index (κ3) is 4.03. The van der Waals surface area contributed by atoms with Gasteiger partial charge >= 0.3 is 0 Å². The summed E-state index contributed by atoms with van der Waals surface area (Å²) in [6.45, 7) is 3.40. The minimum absolute atomic E-state index is 0.373. The number of hydrogen-bond donors (Lipinski definition) is 3. The number of ether oxygens (including phenoxy) is 1. The van der Waals surface area contributed by atoms with Gasteiger partial charge in [0.2, 0.25) is 11.8 Å². The van der Waals surface area contributed by atoms with Crippen molar-refractivity contribution in [3.63, 3.8) is 0 Å². The van der Waals surface area contributed by atoms with Gasteiger partial charge in [0.05, 0.1) is 5.56 Å². The first-order valence-corrected chi connectivity index (χ1v) is 10.2. The number of pyridine rings is 1. The zero-order valence-corrected chi connectivity index (χ0v) is 16.3. The lowest BCUT2D eigenvalue weighted by Crippen LogP contribution is -2.45. The summed E-state index contributed by atoms with van der Waals surface area (Å²) in [6, 6.07) is 11.1. The van der Waals surface area contributed by atoms with Gasteiger partial charge in [0.1, 0.15) is 5.75 Å². The molecule has 1 saturated heterocycles. The smallest absolute Gasteiger partial charge is 0.250 e. The fourth-order valence-corrected chi connectivity index (χ4v) is 4.37. The van der Waals surface area contributed by atoms with Crippen LogP contribution in [0.4, 0.5) is 0 Å². The molecule has 0 spiro atoms. The molecule has 28 heavy (non-hydrogen) atoms. The lowest BCUT2D eigenvalue weighted by Gasteiger charge is -2.28. The Bertz CT molecular complexity index is 831. The first-order valence-electron chi connectivity index (χ1n) is 10.2. The number of carbonyl (C=O) groups excluding carboxylic acids is 1. The molecule has 6 heteroatoms. The van der Waals surface area contributed by atoms with E-state index in [0.717, 1.165) is 31.6 Å². The molecule has 3 unspecified atom stereocenters. The van der Waals surface area contributed by atoms with E-state index < -0.39 is 5.91 Å². The van der Waals surface area contributed by atoms with Crippen LogP contribution in [0.15, 0.2) is 36.5 Å². The number of rotatable bonds is 7. The van der Waals surface area contributed by atoms with E-state index in [9.17, 15) is 4.79 Å². The molecule has 1 aromatic heterocycles. The molecule has 1 aromatic carbocycles. The highest BCUT2D eigenvalue weighted by Gasteiger charge is 2.29. The van der Waals surface area contributed by atoms with E-state index in [4.69, 9.17) is 10.5 Å². The standard InChI is InChI=1S/C22H28N4O2/c1-2-18(20-4-3-11-24-20)26-19-9-5-14-12-16(7-8-17(14)19)28-21-10-6-15(13-25-21)22(23)27/h6-8,10,12-13,18-20,24,26H,2-5,9,11H2,1H3,(H2,23,27). The number of aryl methyl sites for hydroxylation is 1. The monoisotopic (exact) mass is 380 g/mol. The van der Waals surface area contributed by atoms with Crippen LogP contribution in [0, 0.1) is 0 Å². The number of fused-ring (bicyclic) bond motifs is 1. The number of aromatic nitrogens is 1. The summed E-state index contributed by atoms with van der Waals surface area (Å²) in [4.78, 5) is 15.3. The molecule has 148 valence electrons. The molecule has 1 aliphatic heterocycles. The highest BCUT2D eigenvalue weighted by Crippen LogP contribution is 2.35. The highest BCUT2D eigenvalue weighted by atomic mass is 16.5. The molecule has 2 heterocycles. The van der Waals surface area contributed by atoms with Gasteiger partial charge in [0.15, 0.2) is 0 Å². The second-order valence-electron chi connectivity index (χ2n) is 7.69. The first-order chi connectivity index (χ1) is 13.6. The molecule has 1 amide bonds. The Morgan fingerprint density at radius 2 is 2.25 bits per heavy atom. The summed E-state index contributed by atoms with van der Waals surface area (Å²) < 4.78 is 5.86. The Kier molecular flexibility index (Phi) is 5.59. The molecule has 1 aliphatic carbocycles.